The summed E-state index contributed by atoms with van der Waals surface area (Å²) < 4.78 is 0. The van der Waals surface area contributed by atoms with Gasteiger partial charge in [0.15, 0.2) is 0 Å². The number of nitrogens with zero attached hydrogens (tertiary/aromatic N) is 2. The molecule has 0 amide bonds. The second-order valence-corrected chi connectivity index (χ2v) is 6.73. The van der Waals surface area contributed by atoms with E-state index in [1.807, 2.05) is 0 Å². The van der Waals surface area contributed by atoms with Crippen LogP contribution in [0.25, 0.3) is 10.6 Å². The van der Waals surface area contributed by atoms with Crippen LogP contribution in [-0.4, -0.2) is 22.5 Å². The van der Waals surface area contributed by atoms with Crippen LogP contribution in [-0.2, 0) is 12.4 Å². The smallest absolute Gasteiger partial charge is 0.123 e. The lowest BCUT2D eigenvalue weighted by Gasteiger charge is -2.24. The molecule has 1 unspecified atom stereocenters. The van der Waals surface area contributed by atoms with Crippen LogP contribution < -0.4 is 0 Å². The lowest BCUT2D eigenvalue weighted by molar-refractivity contribution is 0.240. The minimum absolute atomic E-state index is 0.489. The predicted molar refractivity (Wildman–Crippen MR) is 90.8 cm³/mol. The Kier molecular flexibility index (Phi) is 4.94. The third-order valence-corrected chi connectivity index (χ3v) is 5.48. The average Bonchev–Trinajstić information content (AvgIpc) is 3.16. The van der Waals surface area contributed by atoms with Gasteiger partial charge in [-0.3, -0.25) is 4.90 Å². The van der Waals surface area contributed by atoms with E-state index in [0.717, 1.165) is 23.3 Å². The minimum atomic E-state index is 0.489. The molecule has 1 aromatic heterocycles. The summed E-state index contributed by atoms with van der Waals surface area (Å²) in [6.07, 6.45) is 3.91. The molecule has 0 N–H and O–H groups in total. The Morgan fingerprint density at radius 1 is 1.38 bits per heavy atom. The van der Waals surface area contributed by atoms with Gasteiger partial charge < -0.3 is 0 Å². The Hall–Kier alpha value is -0.900. The Morgan fingerprint density at radius 3 is 3.00 bits per heavy atom. The number of hydrogen-bond acceptors (Lipinski definition) is 3. The van der Waals surface area contributed by atoms with Gasteiger partial charge in [-0.05, 0) is 31.4 Å². The maximum Gasteiger partial charge on any atom is 0.123 e. The van der Waals surface area contributed by atoms with Gasteiger partial charge in [0.2, 0.25) is 0 Å². The summed E-state index contributed by atoms with van der Waals surface area (Å²) in [5, 5.41) is 3.15. The summed E-state index contributed by atoms with van der Waals surface area (Å²) in [5.74, 6) is 0.489. The number of aromatic nitrogens is 1. The summed E-state index contributed by atoms with van der Waals surface area (Å²) in [7, 11) is 0. The van der Waals surface area contributed by atoms with Crippen molar-refractivity contribution in [1.29, 1.82) is 0 Å². The largest absolute Gasteiger partial charge is 0.296 e. The van der Waals surface area contributed by atoms with Crippen LogP contribution in [0.1, 0.15) is 37.4 Å². The molecule has 2 nitrogen and oxygen atoms in total. The van der Waals surface area contributed by atoms with Crippen molar-refractivity contribution < 1.29 is 0 Å². The zero-order chi connectivity index (χ0) is 14.7. The van der Waals surface area contributed by atoms with Crippen LogP contribution in [0, 0.1) is 0 Å². The van der Waals surface area contributed by atoms with Gasteiger partial charge in [0.1, 0.15) is 5.01 Å². The van der Waals surface area contributed by atoms with Crippen LogP contribution in [0.15, 0.2) is 29.6 Å². The molecule has 1 aliphatic heterocycles. The fourth-order valence-electron chi connectivity index (χ4n) is 3.14. The summed E-state index contributed by atoms with van der Waals surface area (Å²) in [4.78, 5) is 7.26. The van der Waals surface area contributed by atoms with E-state index in [0.29, 0.717) is 5.88 Å². The van der Waals surface area contributed by atoms with E-state index in [1.54, 1.807) is 11.3 Å². The Balaban J connectivity index is 1.85. The van der Waals surface area contributed by atoms with Gasteiger partial charge in [-0.2, -0.15) is 0 Å². The maximum absolute atomic E-state index is 5.88. The molecule has 2 aromatic rings. The third kappa shape index (κ3) is 3.31. The number of thiazole rings is 1. The molecule has 2 heterocycles. The summed E-state index contributed by atoms with van der Waals surface area (Å²) in [6, 6.07) is 9.40. The van der Waals surface area contributed by atoms with Gasteiger partial charge >= 0.3 is 0 Å². The molecule has 1 aliphatic rings. The van der Waals surface area contributed by atoms with E-state index in [1.165, 1.54) is 36.9 Å². The van der Waals surface area contributed by atoms with Crippen molar-refractivity contribution in [3.05, 3.63) is 40.9 Å². The molecule has 1 atom stereocenters. The zero-order valence-corrected chi connectivity index (χ0v) is 14.0. The number of halogens is 1. The number of hydrogen-bond donors (Lipinski definition) is 0. The molecule has 0 radical (unpaired) electrons. The average molecular weight is 321 g/mol. The molecule has 0 spiro atoms. The molecule has 0 bridgehead atoms. The van der Waals surface area contributed by atoms with E-state index in [4.69, 9.17) is 11.6 Å². The Bertz CT molecular complexity index is 596. The molecule has 21 heavy (non-hydrogen) atoms. The molecule has 1 saturated heterocycles. The van der Waals surface area contributed by atoms with Crippen molar-refractivity contribution in [1.82, 2.24) is 9.88 Å². The van der Waals surface area contributed by atoms with E-state index >= 15 is 0 Å². The van der Waals surface area contributed by atoms with E-state index in [2.05, 4.69) is 46.5 Å². The van der Waals surface area contributed by atoms with E-state index in [-0.39, 0.29) is 0 Å². The van der Waals surface area contributed by atoms with Crippen LogP contribution in [0.5, 0.6) is 0 Å². The third-order valence-electron chi connectivity index (χ3n) is 4.28. The number of rotatable bonds is 5. The molecule has 112 valence electrons. The first-order valence-corrected chi connectivity index (χ1v) is 9.06. The van der Waals surface area contributed by atoms with Crippen molar-refractivity contribution >= 4 is 22.9 Å². The fourth-order valence-corrected chi connectivity index (χ4v) is 4.25. The predicted octanol–water partition coefficient (Wildman–Crippen LogP) is 4.92. The first-order valence-electron chi connectivity index (χ1n) is 7.64. The highest BCUT2D eigenvalue weighted by atomic mass is 35.5. The molecular weight excluding hydrogens is 300 g/mol. The van der Waals surface area contributed by atoms with Crippen LogP contribution in [0.4, 0.5) is 0 Å². The van der Waals surface area contributed by atoms with Gasteiger partial charge in [-0.25, -0.2) is 4.98 Å². The molecule has 1 fully saturated rings. The van der Waals surface area contributed by atoms with Gasteiger partial charge in [-0.15, -0.1) is 22.9 Å². The van der Waals surface area contributed by atoms with Crippen LogP contribution in [0.2, 0.25) is 0 Å². The summed E-state index contributed by atoms with van der Waals surface area (Å²) in [6.45, 7) is 4.55. The normalized spacial score (nSPS) is 19.2. The summed E-state index contributed by atoms with van der Waals surface area (Å²) in [5.41, 5.74) is 3.62. The monoisotopic (exact) mass is 320 g/mol. The standard InChI is InChI=1S/C17H21ClN2S/c1-2-15-7-5-9-20(15)11-13-6-3-4-8-16(13)17-19-14(10-18)12-21-17/h3-4,6,8,12,15H,2,5,7,9-11H2,1H3. The number of benzene rings is 1. The lowest BCUT2D eigenvalue weighted by Crippen LogP contribution is -2.28. The van der Waals surface area contributed by atoms with Crippen LogP contribution in [0.3, 0.4) is 0 Å². The lowest BCUT2D eigenvalue weighted by atomic mass is 10.1. The fraction of sp³-hybridized carbons (Fsp3) is 0.471. The highest BCUT2D eigenvalue weighted by Crippen LogP contribution is 2.30. The molecule has 4 heteroatoms. The molecular formula is C17H21ClN2S. The van der Waals surface area contributed by atoms with Crippen LogP contribution >= 0.6 is 22.9 Å². The highest BCUT2D eigenvalue weighted by Gasteiger charge is 2.23. The molecule has 3 rings (SSSR count). The quantitative estimate of drug-likeness (QED) is 0.727. The van der Waals surface area contributed by atoms with Crippen molar-refractivity contribution in [2.24, 2.45) is 0 Å². The topological polar surface area (TPSA) is 16.1 Å². The van der Waals surface area contributed by atoms with Gasteiger partial charge in [0.25, 0.3) is 0 Å². The number of likely N-dealkylation sites (tertiary alicyclic amines) is 1. The van der Waals surface area contributed by atoms with E-state index in [9.17, 15) is 0 Å². The van der Waals surface area contributed by atoms with Gasteiger partial charge in [-0.1, -0.05) is 31.2 Å². The van der Waals surface area contributed by atoms with Gasteiger partial charge in [0.05, 0.1) is 11.6 Å². The van der Waals surface area contributed by atoms with Crippen molar-refractivity contribution in [3.63, 3.8) is 0 Å². The first kappa shape index (κ1) is 15.0. The first-order chi connectivity index (χ1) is 10.3. The minimum Gasteiger partial charge on any atom is -0.296 e. The van der Waals surface area contributed by atoms with Crippen molar-refractivity contribution in [2.75, 3.05) is 6.54 Å². The second-order valence-electron chi connectivity index (χ2n) is 5.61. The maximum atomic E-state index is 5.88. The van der Waals surface area contributed by atoms with Crippen molar-refractivity contribution in [3.8, 4) is 10.6 Å². The molecule has 0 aliphatic carbocycles. The summed E-state index contributed by atoms with van der Waals surface area (Å²) >= 11 is 7.57. The zero-order valence-electron chi connectivity index (χ0n) is 12.4. The van der Waals surface area contributed by atoms with Crippen molar-refractivity contribution in [2.45, 2.75) is 44.7 Å². The highest BCUT2D eigenvalue weighted by molar-refractivity contribution is 7.13. The van der Waals surface area contributed by atoms with Gasteiger partial charge in [0, 0.05) is 23.5 Å². The van der Waals surface area contributed by atoms with E-state index < -0.39 is 0 Å². The SMILES string of the molecule is CCC1CCCN1Cc1ccccc1-c1nc(CCl)cs1. The second kappa shape index (κ2) is 6.91. The Labute approximate surface area is 135 Å². The molecule has 1 aromatic carbocycles. The molecule has 0 saturated carbocycles. The Morgan fingerprint density at radius 2 is 2.24 bits per heavy atom. The number of alkyl halides is 1.